The second kappa shape index (κ2) is 11.9. The van der Waals surface area contributed by atoms with Gasteiger partial charge in [0.15, 0.2) is 5.82 Å². The first-order valence-electron chi connectivity index (χ1n) is 14.4. The zero-order chi connectivity index (χ0) is 28.5. The predicted molar refractivity (Wildman–Crippen MR) is 147 cm³/mol. The first kappa shape index (κ1) is 27.9. The maximum Gasteiger partial charge on any atom is 0.296 e. The average Bonchev–Trinajstić information content (AvgIpc) is 3.54. The van der Waals surface area contributed by atoms with E-state index >= 15 is 0 Å². The van der Waals surface area contributed by atoms with Crippen molar-refractivity contribution in [1.82, 2.24) is 24.4 Å². The SMILES string of the molecule is CN1C[C@H](F)C[C@H]1C(=O)CC1CCC(Oc2cc(-n3c(C(F)F)nc4ccccc43)nc(N3CCOCC3)n2)CC1. The van der Waals surface area contributed by atoms with Crippen molar-refractivity contribution in [2.75, 3.05) is 44.8 Å². The van der Waals surface area contributed by atoms with Crippen molar-refractivity contribution in [2.24, 2.45) is 5.92 Å². The van der Waals surface area contributed by atoms with Gasteiger partial charge in [0.05, 0.1) is 30.3 Å². The number of para-hydroxylation sites is 2. The number of fused-ring (bicyclic) bond motifs is 1. The van der Waals surface area contributed by atoms with Crippen LogP contribution in [0.5, 0.6) is 5.88 Å². The lowest BCUT2D eigenvalue weighted by molar-refractivity contribution is -0.124. The van der Waals surface area contributed by atoms with E-state index in [1.165, 1.54) is 4.57 Å². The Hall–Kier alpha value is -3.25. The van der Waals surface area contributed by atoms with E-state index in [1.54, 1.807) is 30.3 Å². The summed E-state index contributed by atoms with van der Waals surface area (Å²) in [6.07, 6.45) is 0.0108. The number of alkyl halides is 3. The maximum absolute atomic E-state index is 14.1. The molecule has 9 nitrogen and oxygen atoms in total. The van der Waals surface area contributed by atoms with Crippen molar-refractivity contribution in [1.29, 1.82) is 0 Å². The minimum absolute atomic E-state index is 0.120. The molecule has 12 heteroatoms. The van der Waals surface area contributed by atoms with Gasteiger partial charge in [-0.05, 0) is 50.8 Å². The van der Waals surface area contributed by atoms with Gasteiger partial charge in [0.2, 0.25) is 11.8 Å². The summed E-state index contributed by atoms with van der Waals surface area (Å²) in [6.45, 7) is 2.51. The molecule has 0 spiro atoms. The van der Waals surface area contributed by atoms with Crippen LogP contribution in [0.15, 0.2) is 30.3 Å². The minimum Gasteiger partial charge on any atom is -0.474 e. The van der Waals surface area contributed by atoms with Gasteiger partial charge >= 0.3 is 0 Å². The van der Waals surface area contributed by atoms with E-state index in [0.29, 0.717) is 62.1 Å². The van der Waals surface area contributed by atoms with Crippen molar-refractivity contribution in [3.8, 4) is 11.7 Å². The van der Waals surface area contributed by atoms with Crippen molar-refractivity contribution >= 4 is 22.8 Å². The van der Waals surface area contributed by atoms with Gasteiger partial charge in [-0.3, -0.25) is 14.3 Å². The molecule has 0 amide bonds. The number of likely N-dealkylation sites (N-methyl/N-ethyl adjacent to an activating group) is 1. The highest BCUT2D eigenvalue weighted by Crippen LogP contribution is 2.33. The van der Waals surface area contributed by atoms with E-state index in [0.717, 1.165) is 25.7 Å². The van der Waals surface area contributed by atoms with E-state index in [-0.39, 0.29) is 41.9 Å². The Labute approximate surface area is 236 Å². The lowest BCUT2D eigenvalue weighted by Crippen LogP contribution is -2.37. The minimum atomic E-state index is -2.80. The molecule has 2 atom stereocenters. The van der Waals surface area contributed by atoms with Crippen molar-refractivity contribution < 1.29 is 27.4 Å². The van der Waals surface area contributed by atoms with Crippen LogP contribution in [0, 0.1) is 5.92 Å². The number of benzene rings is 1. The number of nitrogens with zero attached hydrogens (tertiary/aromatic N) is 6. The van der Waals surface area contributed by atoms with Gasteiger partial charge in [0.25, 0.3) is 6.43 Å². The van der Waals surface area contributed by atoms with Crippen LogP contribution in [-0.4, -0.2) is 88.4 Å². The quantitative estimate of drug-likeness (QED) is 0.389. The van der Waals surface area contributed by atoms with Gasteiger partial charge in [0.1, 0.15) is 23.9 Å². The Kier molecular flexibility index (Phi) is 8.12. The summed E-state index contributed by atoms with van der Waals surface area (Å²) in [5.74, 6) is 0.952. The number of imidazole rings is 1. The number of ether oxygens (including phenoxy) is 2. The fourth-order valence-electron chi connectivity index (χ4n) is 6.27. The third kappa shape index (κ3) is 6.04. The van der Waals surface area contributed by atoms with E-state index < -0.39 is 12.6 Å². The van der Waals surface area contributed by atoms with Crippen LogP contribution in [0.3, 0.4) is 0 Å². The van der Waals surface area contributed by atoms with Crippen molar-refractivity contribution in [3.63, 3.8) is 0 Å². The predicted octanol–water partition coefficient (Wildman–Crippen LogP) is 4.53. The van der Waals surface area contributed by atoms with Crippen LogP contribution in [-0.2, 0) is 9.53 Å². The fourth-order valence-corrected chi connectivity index (χ4v) is 6.27. The number of likely N-dealkylation sites (tertiary alicyclic amines) is 1. The molecule has 3 fully saturated rings. The Bertz CT molecular complexity index is 1370. The third-order valence-corrected chi connectivity index (χ3v) is 8.42. The molecular weight excluding hydrogens is 537 g/mol. The summed E-state index contributed by atoms with van der Waals surface area (Å²) in [7, 11) is 1.81. The highest BCUT2D eigenvalue weighted by atomic mass is 19.3. The second-order valence-electron chi connectivity index (χ2n) is 11.3. The van der Waals surface area contributed by atoms with Crippen LogP contribution >= 0.6 is 0 Å². The lowest BCUT2D eigenvalue weighted by Gasteiger charge is -2.30. The summed E-state index contributed by atoms with van der Waals surface area (Å²) in [4.78, 5) is 30.1. The number of hydrogen-bond donors (Lipinski definition) is 0. The Morgan fingerprint density at radius 1 is 1.10 bits per heavy atom. The number of carbonyl (C=O) groups is 1. The van der Waals surface area contributed by atoms with Crippen LogP contribution in [0.25, 0.3) is 16.9 Å². The molecule has 41 heavy (non-hydrogen) atoms. The second-order valence-corrected chi connectivity index (χ2v) is 11.3. The van der Waals surface area contributed by atoms with Crippen molar-refractivity contribution in [3.05, 3.63) is 36.2 Å². The molecule has 0 bridgehead atoms. The van der Waals surface area contributed by atoms with Crippen LogP contribution < -0.4 is 9.64 Å². The first-order chi connectivity index (χ1) is 19.9. The molecule has 6 rings (SSSR count). The zero-order valence-corrected chi connectivity index (χ0v) is 23.1. The molecule has 220 valence electrons. The van der Waals surface area contributed by atoms with Gasteiger partial charge < -0.3 is 14.4 Å². The molecule has 4 heterocycles. The number of halogens is 3. The number of Topliss-reactive ketones (excluding diaryl/α,β-unsaturated/α-hetero) is 1. The summed E-state index contributed by atoms with van der Waals surface area (Å²) in [5.41, 5.74) is 0.980. The number of morpholine rings is 1. The molecule has 1 aromatic carbocycles. The molecule has 3 aliphatic rings. The summed E-state index contributed by atoms with van der Waals surface area (Å²) >= 11 is 0. The number of carbonyl (C=O) groups excluding carboxylic acids is 1. The molecule has 2 aromatic heterocycles. The highest BCUT2D eigenvalue weighted by molar-refractivity contribution is 5.84. The molecule has 0 radical (unpaired) electrons. The van der Waals surface area contributed by atoms with E-state index in [1.807, 2.05) is 16.8 Å². The standard InChI is InChI=1S/C29H35F3N6O3/c1-36-17-19(30)15-23(36)24(39)14-18-6-8-20(9-7-18)41-26-16-25(34-29(35-26)37-10-12-40-13-11-37)38-22-5-3-2-4-21(22)33-28(38)27(31)32/h2-5,16,18-20,23,27H,6-15,17H2,1H3/t18?,19-,20?,23+/m1/s1. The van der Waals surface area contributed by atoms with E-state index in [9.17, 15) is 18.0 Å². The molecule has 2 saturated heterocycles. The molecule has 1 saturated carbocycles. The highest BCUT2D eigenvalue weighted by Gasteiger charge is 2.36. The number of hydrogen-bond acceptors (Lipinski definition) is 8. The normalized spacial score (nSPS) is 25.7. The van der Waals surface area contributed by atoms with Gasteiger partial charge in [-0.25, -0.2) is 18.2 Å². The van der Waals surface area contributed by atoms with Crippen LogP contribution in [0.4, 0.5) is 19.1 Å². The van der Waals surface area contributed by atoms with Gasteiger partial charge in [-0.15, -0.1) is 0 Å². The van der Waals surface area contributed by atoms with Gasteiger partial charge in [0, 0.05) is 38.5 Å². The summed E-state index contributed by atoms with van der Waals surface area (Å²) in [6, 6.07) is 8.25. The molecule has 3 aromatic rings. The largest absolute Gasteiger partial charge is 0.474 e. The number of aromatic nitrogens is 4. The monoisotopic (exact) mass is 572 g/mol. The van der Waals surface area contributed by atoms with Gasteiger partial charge in [-0.1, -0.05) is 12.1 Å². The number of ketones is 1. The van der Waals surface area contributed by atoms with Gasteiger partial charge in [-0.2, -0.15) is 9.97 Å². The van der Waals surface area contributed by atoms with E-state index in [2.05, 4.69) is 15.0 Å². The van der Waals surface area contributed by atoms with Crippen LogP contribution in [0.1, 0.15) is 50.8 Å². The molecule has 2 aliphatic heterocycles. The Morgan fingerprint density at radius 3 is 2.56 bits per heavy atom. The van der Waals surface area contributed by atoms with Crippen LogP contribution in [0.2, 0.25) is 0 Å². The Morgan fingerprint density at radius 2 is 1.85 bits per heavy atom. The fraction of sp³-hybridized carbons (Fsp3) is 0.586. The lowest BCUT2D eigenvalue weighted by atomic mass is 9.83. The number of rotatable bonds is 8. The maximum atomic E-state index is 14.1. The third-order valence-electron chi connectivity index (χ3n) is 8.42. The summed E-state index contributed by atoms with van der Waals surface area (Å²) in [5, 5.41) is 0. The molecular formula is C29H35F3N6O3. The molecule has 1 aliphatic carbocycles. The average molecular weight is 573 g/mol. The first-order valence-corrected chi connectivity index (χ1v) is 14.4. The molecule has 0 N–H and O–H groups in total. The smallest absolute Gasteiger partial charge is 0.296 e. The zero-order valence-electron chi connectivity index (χ0n) is 23.1. The summed E-state index contributed by atoms with van der Waals surface area (Å²) < 4.78 is 55.2. The van der Waals surface area contributed by atoms with E-state index in [4.69, 9.17) is 9.47 Å². The number of anilines is 1. The molecule has 0 unspecified atom stereocenters. The Balaban J connectivity index is 1.21. The van der Waals surface area contributed by atoms with Crippen molar-refractivity contribution in [2.45, 2.75) is 63.3 Å². The topological polar surface area (TPSA) is 85.6 Å².